The smallest absolute Gasteiger partial charge is 0.326 e. The molecule has 8 heteroatoms. The highest BCUT2D eigenvalue weighted by molar-refractivity contribution is 6.30. The van der Waals surface area contributed by atoms with Crippen LogP contribution >= 0.6 is 11.6 Å². The van der Waals surface area contributed by atoms with E-state index in [4.69, 9.17) is 22.4 Å². The van der Waals surface area contributed by atoms with E-state index in [0.29, 0.717) is 10.7 Å². The van der Waals surface area contributed by atoms with Crippen molar-refractivity contribution in [2.24, 2.45) is 5.73 Å². The van der Waals surface area contributed by atoms with E-state index in [9.17, 15) is 14.4 Å². The molecule has 3 amide bonds. The molecule has 0 radical (unpaired) electrons. The maximum absolute atomic E-state index is 11.5. The number of carboxylic acid groups (broad SMARTS) is 1. The van der Waals surface area contributed by atoms with E-state index in [1.165, 1.54) is 0 Å². The number of primary amides is 1. The molecule has 0 saturated heterocycles. The minimum absolute atomic E-state index is 0.435. The van der Waals surface area contributed by atoms with Crippen molar-refractivity contribution in [2.45, 2.75) is 12.5 Å². The fourth-order valence-electron chi connectivity index (χ4n) is 1.26. The number of carbonyl (C=O) groups is 3. The van der Waals surface area contributed by atoms with Crippen molar-refractivity contribution in [1.82, 2.24) is 5.32 Å². The first kappa shape index (κ1) is 14.8. The van der Waals surface area contributed by atoms with Crippen LogP contribution in [0.2, 0.25) is 5.02 Å². The topological polar surface area (TPSA) is 122 Å². The Hall–Kier alpha value is -2.28. The zero-order chi connectivity index (χ0) is 14.4. The highest BCUT2D eigenvalue weighted by Crippen LogP contribution is 2.13. The Bertz CT molecular complexity index is 489. The number of carbonyl (C=O) groups excluding carboxylic acids is 2. The van der Waals surface area contributed by atoms with Crippen molar-refractivity contribution >= 4 is 35.2 Å². The summed E-state index contributed by atoms with van der Waals surface area (Å²) >= 11 is 5.67. The number of halogens is 1. The number of nitrogens with two attached hydrogens (primary N) is 1. The lowest BCUT2D eigenvalue weighted by atomic mass is 10.2. The summed E-state index contributed by atoms with van der Waals surface area (Å²) < 4.78 is 0. The summed E-state index contributed by atoms with van der Waals surface area (Å²) in [6.45, 7) is 0. The Morgan fingerprint density at radius 1 is 1.26 bits per heavy atom. The van der Waals surface area contributed by atoms with E-state index in [1.807, 2.05) is 0 Å². The van der Waals surface area contributed by atoms with Crippen molar-refractivity contribution in [1.29, 1.82) is 0 Å². The molecule has 19 heavy (non-hydrogen) atoms. The van der Waals surface area contributed by atoms with Crippen LogP contribution in [0.3, 0.4) is 0 Å². The van der Waals surface area contributed by atoms with Gasteiger partial charge in [-0.25, -0.2) is 9.59 Å². The van der Waals surface area contributed by atoms with Gasteiger partial charge >= 0.3 is 12.0 Å². The van der Waals surface area contributed by atoms with Crippen LogP contribution in [0.4, 0.5) is 10.5 Å². The maximum Gasteiger partial charge on any atom is 0.326 e. The number of hydrogen-bond donors (Lipinski definition) is 4. The standard InChI is InChI=1S/C11H12ClN3O4/c12-6-1-3-7(4-2-6)14-11(19)15-8(10(17)18)5-9(13)16/h1-4,8H,5H2,(H2,13,16)(H,17,18)(H2,14,15,19)/t8-/m1/s1. The molecule has 5 N–H and O–H groups in total. The Morgan fingerprint density at radius 3 is 2.32 bits per heavy atom. The van der Waals surface area contributed by atoms with E-state index in [0.717, 1.165) is 0 Å². The van der Waals surface area contributed by atoms with Gasteiger partial charge in [0, 0.05) is 10.7 Å². The predicted molar refractivity (Wildman–Crippen MR) is 68.8 cm³/mol. The minimum Gasteiger partial charge on any atom is -0.480 e. The number of hydrogen-bond acceptors (Lipinski definition) is 3. The number of nitrogens with one attached hydrogen (secondary N) is 2. The van der Waals surface area contributed by atoms with Gasteiger partial charge in [-0.15, -0.1) is 0 Å². The first-order valence-electron chi connectivity index (χ1n) is 5.22. The number of amides is 3. The Kier molecular flexibility index (Phi) is 5.13. The summed E-state index contributed by atoms with van der Waals surface area (Å²) in [5, 5.41) is 13.8. The molecule has 1 atom stereocenters. The summed E-state index contributed by atoms with van der Waals surface area (Å²) in [5.41, 5.74) is 5.32. The van der Waals surface area contributed by atoms with Gasteiger partial charge in [0.15, 0.2) is 0 Å². The van der Waals surface area contributed by atoms with E-state index in [-0.39, 0.29) is 0 Å². The van der Waals surface area contributed by atoms with Crippen LogP contribution in [0, 0.1) is 0 Å². The molecular formula is C11H12ClN3O4. The van der Waals surface area contributed by atoms with Crippen LogP contribution in [0.5, 0.6) is 0 Å². The molecule has 0 aliphatic carbocycles. The second-order valence-electron chi connectivity index (χ2n) is 3.67. The first-order chi connectivity index (χ1) is 8.88. The van der Waals surface area contributed by atoms with Gasteiger partial charge in [0.2, 0.25) is 5.91 Å². The SMILES string of the molecule is NC(=O)C[C@@H](NC(=O)Nc1ccc(Cl)cc1)C(=O)O. The highest BCUT2D eigenvalue weighted by atomic mass is 35.5. The van der Waals surface area contributed by atoms with Crippen LogP contribution in [-0.4, -0.2) is 29.1 Å². The number of urea groups is 1. The Morgan fingerprint density at radius 2 is 1.84 bits per heavy atom. The van der Waals surface area contributed by atoms with Crippen LogP contribution in [0.1, 0.15) is 6.42 Å². The van der Waals surface area contributed by atoms with E-state index < -0.39 is 30.4 Å². The van der Waals surface area contributed by atoms with Crippen LogP contribution in [0.25, 0.3) is 0 Å². The third-order valence-electron chi connectivity index (χ3n) is 2.11. The maximum atomic E-state index is 11.5. The van der Waals surface area contributed by atoms with Gasteiger partial charge < -0.3 is 21.5 Å². The third kappa shape index (κ3) is 5.26. The van der Waals surface area contributed by atoms with Gasteiger partial charge in [-0.3, -0.25) is 4.79 Å². The van der Waals surface area contributed by atoms with Crippen LogP contribution < -0.4 is 16.4 Å². The molecule has 0 spiro atoms. The Labute approximate surface area is 113 Å². The van der Waals surface area contributed by atoms with Gasteiger partial charge in [-0.2, -0.15) is 0 Å². The van der Waals surface area contributed by atoms with Gasteiger partial charge in [0.25, 0.3) is 0 Å². The molecule has 1 aromatic rings. The molecule has 0 heterocycles. The number of aliphatic carboxylic acids is 1. The lowest BCUT2D eigenvalue weighted by Crippen LogP contribution is -2.45. The van der Waals surface area contributed by atoms with Gasteiger partial charge in [-0.05, 0) is 24.3 Å². The van der Waals surface area contributed by atoms with Crippen molar-refractivity contribution in [3.8, 4) is 0 Å². The molecule has 0 unspecified atom stereocenters. The first-order valence-corrected chi connectivity index (χ1v) is 5.60. The molecule has 1 aromatic carbocycles. The number of benzene rings is 1. The second-order valence-corrected chi connectivity index (χ2v) is 4.10. The second kappa shape index (κ2) is 6.60. The molecule has 0 aliphatic rings. The van der Waals surface area contributed by atoms with Crippen molar-refractivity contribution in [3.05, 3.63) is 29.3 Å². The zero-order valence-corrected chi connectivity index (χ0v) is 10.5. The summed E-state index contributed by atoms with van der Waals surface area (Å²) in [6, 6.07) is 4.10. The molecule has 0 bridgehead atoms. The predicted octanol–water partition coefficient (Wildman–Crippen LogP) is 0.790. The summed E-state index contributed by atoms with van der Waals surface area (Å²) in [7, 11) is 0. The molecule has 1 rings (SSSR count). The van der Waals surface area contributed by atoms with Crippen molar-refractivity contribution < 1.29 is 19.5 Å². The third-order valence-corrected chi connectivity index (χ3v) is 2.36. The molecule has 0 aromatic heterocycles. The fourth-order valence-corrected chi connectivity index (χ4v) is 1.39. The lowest BCUT2D eigenvalue weighted by Gasteiger charge is -2.13. The summed E-state index contributed by atoms with van der Waals surface area (Å²) in [6.07, 6.45) is -0.483. The zero-order valence-electron chi connectivity index (χ0n) is 9.72. The number of rotatable bonds is 5. The van der Waals surface area contributed by atoms with Crippen molar-refractivity contribution in [2.75, 3.05) is 5.32 Å². The van der Waals surface area contributed by atoms with E-state index in [1.54, 1.807) is 24.3 Å². The summed E-state index contributed by atoms with van der Waals surface area (Å²) in [5.74, 6) is -2.16. The summed E-state index contributed by atoms with van der Waals surface area (Å²) in [4.78, 5) is 33.0. The normalized spacial score (nSPS) is 11.4. The van der Waals surface area contributed by atoms with Crippen LogP contribution in [-0.2, 0) is 9.59 Å². The van der Waals surface area contributed by atoms with Crippen LogP contribution in [0.15, 0.2) is 24.3 Å². The lowest BCUT2D eigenvalue weighted by molar-refractivity contribution is -0.140. The van der Waals surface area contributed by atoms with E-state index in [2.05, 4.69) is 10.6 Å². The average molecular weight is 286 g/mol. The molecule has 102 valence electrons. The quantitative estimate of drug-likeness (QED) is 0.639. The van der Waals surface area contributed by atoms with Gasteiger partial charge in [0.1, 0.15) is 6.04 Å². The monoisotopic (exact) mass is 285 g/mol. The minimum atomic E-state index is -1.37. The number of carboxylic acids is 1. The molecule has 7 nitrogen and oxygen atoms in total. The van der Waals surface area contributed by atoms with E-state index >= 15 is 0 Å². The van der Waals surface area contributed by atoms with Gasteiger partial charge in [-0.1, -0.05) is 11.6 Å². The average Bonchev–Trinajstić information content (AvgIpc) is 2.30. The van der Waals surface area contributed by atoms with Gasteiger partial charge in [0.05, 0.1) is 6.42 Å². The molecular weight excluding hydrogens is 274 g/mol. The van der Waals surface area contributed by atoms with Crippen molar-refractivity contribution in [3.63, 3.8) is 0 Å². The largest absolute Gasteiger partial charge is 0.480 e. The molecule has 0 fully saturated rings. The molecule has 0 aliphatic heterocycles. The number of anilines is 1. The highest BCUT2D eigenvalue weighted by Gasteiger charge is 2.21. The fraction of sp³-hybridized carbons (Fsp3) is 0.182. The Balaban J connectivity index is 2.59. The molecule has 0 saturated carbocycles.